The summed E-state index contributed by atoms with van der Waals surface area (Å²) in [5.74, 6) is -3.89. The van der Waals surface area contributed by atoms with Crippen molar-refractivity contribution >= 4 is 26.9 Å². The van der Waals surface area contributed by atoms with E-state index in [4.69, 9.17) is 25.5 Å². The van der Waals surface area contributed by atoms with Crippen LogP contribution in [0.25, 0.3) is 10.9 Å². The maximum Gasteiger partial charge on any atom is 0.490 e. The zero-order valence-electron chi connectivity index (χ0n) is 17.5. The van der Waals surface area contributed by atoms with Crippen molar-refractivity contribution in [3.63, 3.8) is 0 Å². The van der Waals surface area contributed by atoms with Gasteiger partial charge in [-0.1, -0.05) is 0 Å². The summed E-state index contributed by atoms with van der Waals surface area (Å²) in [6.07, 6.45) is -0.642. The molecule has 1 aliphatic heterocycles. The molecule has 35 heavy (non-hydrogen) atoms. The lowest BCUT2D eigenvalue weighted by molar-refractivity contribution is -0.192. The largest absolute Gasteiger partial charge is 0.490 e. The topological polar surface area (TPSA) is 163 Å². The fourth-order valence-corrected chi connectivity index (χ4v) is 3.81. The molecule has 1 aromatic carbocycles. The van der Waals surface area contributed by atoms with E-state index in [0.717, 1.165) is 18.2 Å². The molecule has 2 aromatic heterocycles. The Hall–Kier alpha value is -3.21. The van der Waals surface area contributed by atoms with Crippen LogP contribution in [-0.4, -0.2) is 52.9 Å². The van der Waals surface area contributed by atoms with E-state index >= 15 is 0 Å². The molecule has 4 rings (SSSR count). The molecule has 1 aliphatic rings. The van der Waals surface area contributed by atoms with E-state index in [9.17, 15) is 30.4 Å². The molecule has 16 heteroatoms. The first kappa shape index (κ1) is 26.4. The van der Waals surface area contributed by atoms with Crippen molar-refractivity contribution in [3.05, 3.63) is 54.0 Å². The van der Waals surface area contributed by atoms with Gasteiger partial charge in [0.1, 0.15) is 17.7 Å². The van der Waals surface area contributed by atoms with Crippen LogP contribution >= 0.6 is 0 Å². The average molecular weight is 523 g/mol. The number of nitrogens with two attached hydrogens (primary N) is 2. The molecule has 5 N–H and O–H groups in total. The van der Waals surface area contributed by atoms with E-state index in [1.165, 1.54) is 6.20 Å². The second-order valence-corrected chi connectivity index (χ2v) is 8.97. The molecule has 0 aliphatic carbocycles. The summed E-state index contributed by atoms with van der Waals surface area (Å²) >= 11 is 0. The summed E-state index contributed by atoms with van der Waals surface area (Å²) in [4.78, 5) is 16.6. The lowest BCUT2D eigenvalue weighted by Gasteiger charge is -2.35. The number of alkyl halides is 3. The predicted molar refractivity (Wildman–Crippen MR) is 109 cm³/mol. The summed E-state index contributed by atoms with van der Waals surface area (Å²) in [6.45, 7) is 0.213. The van der Waals surface area contributed by atoms with Gasteiger partial charge < -0.3 is 20.1 Å². The highest BCUT2D eigenvalue weighted by Gasteiger charge is 2.38. The minimum absolute atomic E-state index is 0.0901. The Morgan fingerprint density at radius 2 is 1.89 bits per heavy atom. The summed E-state index contributed by atoms with van der Waals surface area (Å²) in [5, 5.41) is 12.3. The van der Waals surface area contributed by atoms with E-state index < -0.39 is 51.1 Å². The SMILES string of the molecule is N[C@H]1C[C@@H](n2cc3cnc(S(N)(=O)=O)nc3c2)CO[C@@H]1c1cc(F)ccc1F.O=C(O)C(F)(F)F. The molecular weight excluding hydrogens is 505 g/mol. The first-order chi connectivity index (χ1) is 16.2. The van der Waals surface area contributed by atoms with Gasteiger partial charge in [-0.3, -0.25) is 0 Å². The van der Waals surface area contributed by atoms with Gasteiger partial charge >= 0.3 is 12.1 Å². The number of sulfonamides is 1. The summed E-state index contributed by atoms with van der Waals surface area (Å²) < 4.78 is 89.6. The Morgan fingerprint density at radius 1 is 1.23 bits per heavy atom. The van der Waals surface area contributed by atoms with Crippen LogP contribution in [0.5, 0.6) is 0 Å². The van der Waals surface area contributed by atoms with Crippen LogP contribution in [0, 0.1) is 11.6 Å². The number of carboxylic acid groups (broad SMARTS) is 1. The molecule has 0 amide bonds. The van der Waals surface area contributed by atoms with Gasteiger partial charge in [0.2, 0.25) is 0 Å². The first-order valence-corrected chi connectivity index (χ1v) is 11.2. The molecule has 1 fully saturated rings. The number of ether oxygens (including phenoxy) is 1. The van der Waals surface area contributed by atoms with Crippen LogP contribution < -0.4 is 10.9 Å². The fourth-order valence-electron chi connectivity index (χ4n) is 3.38. The Balaban J connectivity index is 0.000000429. The number of aliphatic carboxylic acids is 1. The predicted octanol–water partition coefficient (Wildman–Crippen LogP) is 2.02. The van der Waals surface area contributed by atoms with Gasteiger partial charge in [0.05, 0.1) is 18.2 Å². The number of carbonyl (C=O) groups is 1. The minimum Gasteiger partial charge on any atom is -0.475 e. The van der Waals surface area contributed by atoms with Crippen molar-refractivity contribution in [1.82, 2.24) is 14.5 Å². The summed E-state index contributed by atoms with van der Waals surface area (Å²) in [5.41, 5.74) is 6.68. The van der Waals surface area contributed by atoms with Gasteiger partial charge in [-0.2, -0.15) is 13.2 Å². The standard InChI is InChI=1S/C17H17F2N5O3S.C2HF3O2/c18-10-1-2-13(19)12(3-10)16-14(20)4-11(8-27-16)24-6-9-5-22-17(28(21,25)26)23-15(9)7-24;3-2(4,5)1(6)7/h1-3,5-7,11,14,16H,4,8,20H2,(H2,21,25,26);(H,6,7)/t11-,14+,16-;/m1./s1. The normalized spacial score (nSPS) is 20.8. The number of halogens is 5. The monoisotopic (exact) mass is 523 g/mol. The molecule has 0 radical (unpaired) electrons. The summed E-state index contributed by atoms with van der Waals surface area (Å²) in [6, 6.07) is 2.43. The van der Waals surface area contributed by atoms with Crippen LogP contribution in [0.4, 0.5) is 22.0 Å². The second kappa shape index (κ2) is 9.80. The van der Waals surface area contributed by atoms with Crippen LogP contribution in [0.3, 0.4) is 0 Å². The van der Waals surface area contributed by atoms with Crippen LogP contribution in [0.1, 0.15) is 24.1 Å². The smallest absolute Gasteiger partial charge is 0.475 e. The van der Waals surface area contributed by atoms with Gasteiger partial charge in [0.25, 0.3) is 15.2 Å². The van der Waals surface area contributed by atoms with Crippen LogP contribution in [0.2, 0.25) is 0 Å². The highest BCUT2D eigenvalue weighted by atomic mass is 32.2. The molecule has 0 spiro atoms. The highest BCUT2D eigenvalue weighted by Crippen LogP contribution is 2.34. The molecule has 3 heterocycles. The van der Waals surface area contributed by atoms with Crippen molar-refractivity contribution in [2.45, 2.75) is 35.9 Å². The van der Waals surface area contributed by atoms with E-state index in [-0.39, 0.29) is 18.2 Å². The van der Waals surface area contributed by atoms with Crippen molar-refractivity contribution in [1.29, 1.82) is 0 Å². The third-order valence-electron chi connectivity index (χ3n) is 4.97. The number of nitrogens with zero attached hydrogens (tertiary/aromatic N) is 3. The minimum atomic E-state index is -5.08. The molecule has 10 nitrogen and oxygen atoms in total. The quantitative estimate of drug-likeness (QED) is 0.347. The molecular formula is C19H18F5N5O5S. The van der Waals surface area contributed by atoms with Crippen molar-refractivity contribution in [2.75, 3.05) is 6.61 Å². The number of carboxylic acids is 1. The molecule has 0 saturated carbocycles. The zero-order chi connectivity index (χ0) is 26.1. The lowest BCUT2D eigenvalue weighted by atomic mass is 9.94. The number of aromatic nitrogens is 3. The summed E-state index contributed by atoms with van der Waals surface area (Å²) in [7, 11) is -4.01. The Morgan fingerprint density at radius 3 is 2.46 bits per heavy atom. The third-order valence-corrected chi connectivity index (χ3v) is 5.68. The number of benzene rings is 1. The maximum atomic E-state index is 14.0. The highest BCUT2D eigenvalue weighted by molar-refractivity contribution is 7.89. The Labute approximate surface area is 194 Å². The van der Waals surface area contributed by atoms with Crippen molar-refractivity contribution in [2.24, 2.45) is 10.9 Å². The van der Waals surface area contributed by atoms with E-state index in [1.54, 1.807) is 17.0 Å². The number of rotatable bonds is 3. The molecule has 190 valence electrons. The number of hydrogen-bond acceptors (Lipinski definition) is 7. The van der Waals surface area contributed by atoms with Gasteiger partial charge in [0, 0.05) is 35.6 Å². The Kier molecular flexibility index (Phi) is 7.39. The molecule has 3 aromatic rings. The Bertz CT molecular complexity index is 1350. The lowest BCUT2D eigenvalue weighted by Crippen LogP contribution is -2.39. The number of hydrogen-bond donors (Lipinski definition) is 3. The van der Waals surface area contributed by atoms with E-state index in [1.807, 2.05) is 0 Å². The van der Waals surface area contributed by atoms with E-state index in [0.29, 0.717) is 17.3 Å². The second-order valence-electron chi connectivity index (χ2n) is 7.52. The molecule has 0 unspecified atom stereocenters. The number of fused-ring (bicyclic) bond motifs is 1. The maximum absolute atomic E-state index is 14.0. The average Bonchev–Trinajstić information content (AvgIpc) is 3.18. The van der Waals surface area contributed by atoms with Gasteiger partial charge in [-0.05, 0) is 24.6 Å². The van der Waals surface area contributed by atoms with Gasteiger partial charge in [-0.25, -0.2) is 37.1 Å². The molecule has 0 bridgehead atoms. The van der Waals surface area contributed by atoms with Crippen LogP contribution in [-0.2, 0) is 19.6 Å². The van der Waals surface area contributed by atoms with Crippen molar-refractivity contribution in [3.8, 4) is 0 Å². The van der Waals surface area contributed by atoms with Crippen molar-refractivity contribution < 1.29 is 45.0 Å². The molecule has 3 atom stereocenters. The molecule has 1 saturated heterocycles. The van der Waals surface area contributed by atoms with Crippen LogP contribution in [0.15, 0.2) is 41.9 Å². The van der Waals surface area contributed by atoms with Gasteiger partial charge in [-0.15, -0.1) is 0 Å². The fraction of sp³-hybridized carbons (Fsp3) is 0.316. The zero-order valence-corrected chi connectivity index (χ0v) is 18.3. The van der Waals surface area contributed by atoms with E-state index in [2.05, 4.69) is 9.97 Å². The van der Waals surface area contributed by atoms with Gasteiger partial charge in [0.15, 0.2) is 0 Å². The number of primary sulfonamides is 1. The first-order valence-electron chi connectivity index (χ1n) is 9.66. The third kappa shape index (κ3) is 6.27.